The molecule has 0 radical (unpaired) electrons. The van der Waals surface area contributed by atoms with Gasteiger partial charge in [-0.1, -0.05) is 95.3 Å². The van der Waals surface area contributed by atoms with E-state index in [-0.39, 0.29) is 0 Å². The Balaban J connectivity index is 0.000000510. The van der Waals surface area contributed by atoms with Gasteiger partial charge in [0.15, 0.2) is 6.71 Å². The molecule has 0 saturated heterocycles. The molecule has 0 nitrogen and oxygen atoms in total. The molecule has 0 saturated carbocycles. The van der Waals surface area contributed by atoms with Crippen molar-refractivity contribution < 1.29 is 0 Å². The summed E-state index contributed by atoms with van der Waals surface area (Å²) in [7, 11) is 0. The normalized spacial score (nSPS) is 9.43. The monoisotopic (exact) mass is 278 g/mol. The fraction of sp³-hybridized carbons (Fsp3) is 0.300. The van der Waals surface area contributed by atoms with Gasteiger partial charge in [0.25, 0.3) is 0 Å². The summed E-state index contributed by atoms with van der Waals surface area (Å²) in [5, 5.41) is 5.47. The quantitative estimate of drug-likeness (QED) is 0.378. The topological polar surface area (TPSA) is 0 Å². The maximum absolute atomic E-state index is 2.29. The molecule has 0 aliphatic heterocycles. The summed E-state index contributed by atoms with van der Waals surface area (Å²) in [6.07, 6.45) is 0. The van der Waals surface area contributed by atoms with Crippen LogP contribution in [0, 0.1) is 0 Å². The first-order valence-corrected chi connectivity index (χ1v) is 8.18. The number of fused-ring (bicyclic) bond motifs is 2. The zero-order chi connectivity index (χ0) is 15.8. The Labute approximate surface area is 130 Å². The molecular formula is C20H27B. The fourth-order valence-corrected chi connectivity index (χ4v) is 2.67. The number of hydrogen-bond donors (Lipinski definition) is 0. The predicted molar refractivity (Wildman–Crippen MR) is 101 cm³/mol. The van der Waals surface area contributed by atoms with Crippen LogP contribution in [0.15, 0.2) is 54.6 Å². The molecule has 0 fully saturated rings. The van der Waals surface area contributed by atoms with Crippen LogP contribution in [0.5, 0.6) is 0 Å². The minimum Gasteiger partial charge on any atom is -0.0819 e. The van der Waals surface area contributed by atoms with Gasteiger partial charge in [0.1, 0.15) is 0 Å². The van der Waals surface area contributed by atoms with Gasteiger partial charge in [-0.25, -0.2) is 0 Å². The van der Waals surface area contributed by atoms with Crippen LogP contribution < -0.4 is 5.46 Å². The third kappa shape index (κ3) is 3.67. The van der Waals surface area contributed by atoms with Crippen LogP contribution >= 0.6 is 0 Å². The van der Waals surface area contributed by atoms with Crippen molar-refractivity contribution >= 4 is 33.7 Å². The van der Waals surface area contributed by atoms with Gasteiger partial charge in [-0.05, 0) is 27.6 Å². The first kappa shape index (κ1) is 17.3. The SMILES string of the molecule is CB(C)c1c2ccccc2cc2ccccc12.CC.CC. The summed E-state index contributed by atoms with van der Waals surface area (Å²) < 4.78 is 0. The van der Waals surface area contributed by atoms with E-state index in [0.717, 1.165) is 0 Å². The molecule has 110 valence electrons. The van der Waals surface area contributed by atoms with Gasteiger partial charge in [-0.15, -0.1) is 0 Å². The van der Waals surface area contributed by atoms with E-state index in [9.17, 15) is 0 Å². The van der Waals surface area contributed by atoms with Crippen LogP contribution in [0.3, 0.4) is 0 Å². The molecule has 0 aliphatic rings. The van der Waals surface area contributed by atoms with Gasteiger partial charge in [0.05, 0.1) is 0 Å². The molecule has 3 aromatic carbocycles. The van der Waals surface area contributed by atoms with Gasteiger partial charge < -0.3 is 0 Å². The highest BCUT2D eigenvalue weighted by Gasteiger charge is 2.11. The Bertz CT molecular complexity index is 630. The zero-order valence-electron chi connectivity index (χ0n) is 14.3. The summed E-state index contributed by atoms with van der Waals surface area (Å²) >= 11 is 0. The lowest BCUT2D eigenvalue weighted by molar-refractivity contribution is 1.50. The highest BCUT2D eigenvalue weighted by molar-refractivity contribution is 6.75. The average molecular weight is 278 g/mol. The molecule has 0 heterocycles. The molecule has 0 unspecified atom stereocenters. The van der Waals surface area contributed by atoms with E-state index in [1.165, 1.54) is 27.0 Å². The maximum Gasteiger partial charge on any atom is 0.171 e. The van der Waals surface area contributed by atoms with Gasteiger partial charge in [0, 0.05) is 0 Å². The van der Waals surface area contributed by atoms with Crippen molar-refractivity contribution in [2.75, 3.05) is 0 Å². The second-order valence-electron chi connectivity index (χ2n) is 4.89. The molecular weight excluding hydrogens is 251 g/mol. The molecule has 21 heavy (non-hydrogen) atoms. The predicted octanol–water partition coefficient (Wildman–Crippen LogP) is 6.01. The molecule has 1 heteroatoms. The average Bonchev–Trinajstić information content (AvgIpc) is 2.56. The van der Waals surface area contributed by atoms with Gasteiger partial charge in [-0.3, -0.25) is 0 Å². The van der Waals surface area contributed by atoms with Crippen LogP contribution in [0.2, 0.25) is 13.6 Å². The van der Waals surface area contributed by atoms with Crippen LogP contribution in [-0.4, -0.2) is 6.71 Å². The first-order chi connectivity index (χ1) is 10.3. The Morgan fingerprint density at radius 1 is 0.619 bits per heavy atom. The lowest BCUT2D eigenvalue weighted by Gasteiger charge is -2.12. The van der Waals surface area contributed by atoms with Gasteiger partial charge in [0.2, 0.25) is 0 Å². The third-order valence-electron chi connectivity index (χ3n) is 3.39. The minimum absolute atomic E-state index is 0.547. The lowest BCUT2D eigenvalue weighted by Crippen LogP contribution is -2.24. The third-order valence-corrected chi connectivity index (χ3v) is 3.39. The van der Waals surface area contributed by atoms with Crippen LogP contribution in [0.1, 0.15) is 27.7 Å². The second-order valence-corrected chi connectivity index (χ2v) is 4.89. The lowest BCUT2D eigenvalue weighted by atomic mass is 9.47. The highest BCUT2D eigenvalue weighted by Crippen LogP contribution is 2.21. The zero-order valence-corrected chi connectivity index (χ0v) is 14.3. The molecule has 0 aromatic heterocycles. The first-order valence-electron chi connectivity index (χ1n) is 8.18. The van der Waals surface area contributed by atoms with Crippen molar-refractivity contribution in [1.29, 1.82) is 0 Å². The van der Waals surface area contributed by atoms with Crippen molar-refractivity contribution in [2.45, 2.75) is 41.3 Å². The highest BCUT2D eigenvalue weighted by atomic mass is 14.0. The van der Waals surface area contributed by atoms with Crippen molar-refractivity contribution in [3.05, 3.63) is 54.6 Å². The number of rotatable bonds is 1. The van der Waals surface area contributed by atoms with E-state index >= 15 is 0 Å². The summed E-state index contributed by atoms with van der Waals surface area (Å²) in [4.78, 5) is 0. The van der Waals surface area contributed by atoms with Crippen molar-refractivity contribution in [1.82, 2.24) is 0 Å². The molecule has 0 spiro atoms. The van der Waals surface area contributed by atoms with E-state index in [0.29, 0.717) is 6.71 Å². The Kier molecular flexibility index (Phi) is 7.01. The molecule has 0 atom stereocenters. The molecule has 0 amide bonds. The molecule has 0 aliphatic carbocycles. The van der Waals surface area contributed by atoms with Crippen molar-refractivity contribution in [2.24, 2.45) is 0 Å². The van der Waals surface area contributed by atoms with E-state index in [1.54, 1.807) is 0 Å². The summed E-state index contributed by atoms with van der Waals surface area (Å²) in [5.41, 5.74) is 1.47. The molecule has 0 N–H and O–H groups in total. The summed E-state index contributed by atoms with van der Waals surface area (Å²) in [6, 6.07) is 19.6. The Morgan fingerprint density at radius 3 is 1.38 bits per heavy atom. The number of hydrogen-bond acceptors (Lipinski definition) is 0. The smallest absolute Gasteiger partial charge is 0.0819 e. The van der Waals surface area contributed by atoms with Crippen molar-refractivity contribution in [3.8, 4) is 0 Å². The Morgan fingerprint density at radius 2 is 1.00 bits per heavy atom. The standard InChI is InChI=1S/C16H15B.2C2H6/c1-17(2)16-14-9-5-3-7-12(14)11-13-8-4-6-10-15(13)16;2*1-2/h3-11H,1-2H3;2*1-2H3. The summed E-state index contributed by atoms with van der Waals surface area (Å²) in [5.74, 6) is 0. The molecule has 3 aromatic rings. The van der Waals surface area contributed by atoms with Gasteiger partial charge in [-0.2, -0.15) is 0 Å². The van der Waals surface area contributed by atoms with Gasteiger partial charge >= 0.3 is 0 Å². The molecule has 0 bridgehead atoms. The maximum atomic E-state index is 2.29. The molecule has 3 rings (SSSR count). The van der Waals surface area contributed by atoms with E-state index in [4.69, 9.17) is 0 Å². The largest absolute Gasteiger partial charge is 0.171 e. The second kappa shape index (κ2) is 8.51. The Hall–Kier alpha value is -1.76. The van der Waals surface area contributed by atoms with Crippen LogP contribution in [0.25, 0.3) is 21.5 Å². The number of benzene rings is 3. The van der Waals surface area contributed by atoms with E-state index < -0.39 is 0 Å². The van der Waals surface area contributed by atoms with E-state index in [2.05, 4.69) is 68.2 Å². The van der Waals surface area contributed by atoms with Crippen LogP contribution in [0.4, 0.5) is 0 Å². The van der Waals surface area contributed by atoms with E-state index in [1.807, 2.05) is 27.7 Å². The fourth-order valence-electron chi connectivity index (χ4n) is 2.67. The van der Waals surface area contributed by atoms with Crippen molar-refractivity contribution in [3.63, 3.8) is 0 Å². The minimum atomic E-state index is 0.547. The van der Waals surface area contributed by atoms with Crippen LogP contribution in [-0.2, 0) is 0 Å². The summed E-state index contributed by atoms with van der Waals surface area (Å²) in [6.45, 7) is 13.1.